The van der Waals surface area contributed by atoms with Gasteiger partial charge in [0.2, 0.25) is 0 Å². The first-order chi connectivity index (χ1) is 10.0. The van der Waals surface area contributed by atoms with Gasteiger partial charge in [-0.15, -0.1) is 0 Å². The highest BCUT2D eigenvalue weighted by Crippen LogP contribution is 2.32. The second kappa shape index (κ2) is 5.41. The Bertz CT molecular complexity index is 629. The molecular weight excluding hydrogens is 266 g/mol. The van der Waals surface area contributed by atoms with E-state index >= 15 is 0 Å². The highest BCUT2D eigenvalue weighted by atomic mass is 16.6. The molecule has 112 valence electrons. The van der Waals surface area contributed by atoms with Crippen molar-refractivity contribution in [2.24, 2.45) is 0 Å². The van der Waals surface area contributed by atoms with Gasteiger partial charge in [0.05, 0.1) is 17.7 Å². The minimum absolute atomic E-state index is 0.0713. The number of fused-ring (bicyclic) bond motifs is 1. The maximum absolute atomic E-state index is 5.64. The maximum Gasteiger partial charge on any atom is 0.163 e. The lowest BCUT2D eigenvalue weighted by Crippen LogP contribution is -2.35. The lowest BCUT2D eigenvalue weighted by molar-refractivity contribution is 0.171. The van der Waals surface area contributed by atoms with E-state index < -0.39 is 0 Å². The molecule has 0 aliphatic carbocycles. The fourth-order valence-electron chi connectivity index (χ4n) is 2.22. The van der Waals surface area contributed by atoms with Gasteiger partial charge >= 0.3 is 0 Å². The molecule has 0 spiro atoms. The smallest absolute Gasteiger partial charge is 0.163 e. The van der Waals surface area contributed by atoms with Crippen LogP contribution in [0.5, 0.6) is 11.5 Å². The molecular formula is C16H21N3O2. The normalized spacial score (nSPS) is 14.2. The van der Waals surface area contributed by atoms with Crippen LogP contribution >= 0.6 is 0 Å². The number of hydrogen-bond acceptors (Lipinski definition) is 4. The van der Waals surface area contributed by atoms with Gasteiger partial charge in [-0.1, -0.05) is 0 Å². The third-order valence-electron chi connectivity index (χ3n) is 3.32. The van der Waals surface area contributed by atoms with Crippen LogP contribution in [0.4, 0.5) is 0 Å². The molecule has 0 amide bonds. The third-order valence-corrected chi connectivity index (χ3v) is 3.32. The Balaban J connectivity index is 1.86. The lowest BCUT2D eigenvalue weighted by Gasteiger charge is -2.22. The Kier molecular flexibility index (Phi) is 3.59. The van der Waals surface area contributed by atoms with Crippen LogP contribution in [0, 0.1) is 0 Å². The number of rotatable bonds is 3. The molecule has 1 aliphatic rings. The van der Waals surface area contributed by atoms with Gasteiger partial charge in [-0.05, 0) is 32.9 Å². The van der Waals surface area contributed by atoms with Gasteiger partial charge < -0.3 is 19.4 Å². The Hall–Kier alpha value is -2.01. The van der Waals surface area contributed by atoms with Crippen molar-refractivity contribution in [1.29, 1.82) is 0 Å². The minimum atomic E-state index is 0.0713. The van der Waals surface area contributed by atoms with Gasteiger partial charge in [0.25, 0.3) is 0 Å². The highest BCUT2D eigenvalue weighted by molar-refractivity contribution is 5.50. The van der Waals surface area contributed by atoms with E-state index in [1.54, 1.807) is 0 Å². The third kappa shape index (κ3) is 3.19. The van der Waals surface area contributed by atoms with Gasteiger partial charge in [0, 0.05) is 24.3 Å². The predicted molar refractivity (Wildman–Crippen MR) is 81.1 cm³/mol. The average Bonchev–Trinajstić information content (AvgIpc) is 2.92. The summed E-state index contributed by atoms with van der Waals surface area (Å²) in [5.74, 6) is 1.60. The molecule has 0 saturated carbocycles. The fraction of sp³-hybridized carbons (Fsp3) is 0.438. The molecule has 0 atom stereocenters. The summed E-state index contributed by atoms with van der Waals surface area (Å²) in [4.78, 5) is 4.26. The largest absolute Gasteiger partial charge is 0.486 e. The van der Waals surface area contributed by atoms with E-state index in [0.29, 0.717) is 13.2 Å². The summed E-state index contributed by atoms with van der Waals surface area (Å²) in [5, 5.41) is 3.48. The summed E-state index contributed by atoms with van der Waals surface area (Å²) < 4.78 is 13.3. The van der Waals surface area contributed by atoms with E-state index in [1.807, 2.05) is 30.7 Å². The molecule has 1 N–H and O–H groups in total. The van der Waals surface area contributed by atoms with Crippen LogP contribution in [-0.2, 0) is 6.54 Å². The first-order valence-corrected chi connectivity index (χ1v) is 7.19. The predicted octanol–water partition coefficient (Wildman–Crippen LogP) is 2.53. The van der Waals surface area contributed by atoms with Crippen molar-refractivity contribution in [2.75, 3.05) is 13.2 Å². The SMILES string of the molecule is CC(C)(C)NCc1cncn1-c1ccc2c(c1)OCCO2. The van der Waals surface area contributed by atoms with Crippen LogP contribution in [-0.4, -0.2) is 28.3 Å². The van der Waals surface area contributed by atoms with Gasteiger partial charge in [-0.25, -0.2) is 4.98 Å². The molecule has 0 bridgehead atoms. The maximum atomic E-state index is 5.64. The molecule has 5 nitrogen and oxygen atoms in total. The number of hydrogen-bond donors (Lipinski definition) is 1. The zero-order valence-corrected chi connectivity index (χ0v) is 12.7. The van der Waals surface area contributed by atoms with Crippen molar-refractivity contribution in [2.45, 2.75) is 32.9 Å². The van der Waals surface area contributed by atoms with E-state index in [0.717, 1.165) is 29.4 Å². The molecule has 0 unspecified atom stereocenters. The van der Waals surface area contributed by atoms with E-state index in [2.05, 4.69) is 35.6 Å². The number of ether oxygens (including phenoxy) is 2. The zero-order chi connectivity index (χ0) is 14.9. The van der Waals surface area contributed by atoms with Crippen molar-refractivity contribution in [3.05, 3.63) is 36.4 Å². The van der Waals surface area contributed by atoms with E-state index in [4.69, 9.17) is 9.47 Å². The summed E-state index contributed by atoms with van der Waals surface area (Å²) in [6.45, 7) is 8.42. The second-order valence-electron chi connectivity index (χ2n) is 6.19. The van der Waals surface area contributed by atoms with Crippen LogP contribution < -0.4 is 14.8 Å². The first kappa shape index (κ1) is 13.9. The molecule has 21 heavy (non-hydrogen) atoms. The fourth-order valence-corrected chi connectivity index (χ4v) is 2.22. The van der Waals surface area contributed by atoms with E-state index in [1.165, 1.54) is 0 Å². The van der Waals surface area contributed by atoms with Crippen molar-refractivity contribution in [3.63, 3.8) is 0 Å². The standard InChI is InChI=1S/C16H21N3O2/c1-16(2,3)18-10-13-9-17-11-19(13)12-4-5-14-15(8-12)21-7-6-20-14/h4-5,8-9,11,18H,6-7,10H2,1-3H3. The monoisotopic (exact) mass is 287 g/mol. The number of aromatic nitrogens is 2. The van der Waals surface area contributed by atoms with Crippen molar-refractivity contribution in [3.8, 4) is 17.2 Å². The quantitative estimate of drug-likeness (QED) is 0.942. The molecule has 1 aromatic carbocycles. The number of nitrogens with one attached hydrogen (secondary N) is 1. The van der Waals surface area contributed by atoms with E-state index in [-0.39, 0.29) is 5.54 Å². The zero-order valence-electron chi connectivity index (χ0n) is 12.7. The van der Waals surface area contributed by atoms with E-state index in [9.17, 15) is 0 Å². The summed E-state index contributed by atoms with van der Waals surface area (Å²) in [6.07, 6.45) is 3.71. The van der Waals surface area contributed by atoms with Crippen LogP contribution in [0.2, 0.25) is 0 Å². The van der Waals surface area contributed by atoms with Crippen molar-refractivity contribution >= 4 is 0 Å². The topological polar surface area (TPSA) is 48.3 Å². The molecule has 2 heterocycles. The summed E-state index contributed by atoms with van der Waals surface area (Å²) in [7, 11) is 0. The van der Waals surface area contributed by atoms with Crippen LogP contribution in [0.25, 0.3) is 5.69 Å². The number of imidazole rings is 1. The average molecular weight is 287 g/mol. The van der Waals surface area contributed by atoms with Crippen molar-refractivity contribution in [1.82, 2.24) is 14.9 Å². The van der Waals surface area contributed by atoms with Gasteiger partial charge in [-0.3, -0.25) is 0 Å². The Morgan fingerprint density at radius 1 is 1.19 bits per heavy atom. The van der Waals surface area contributed by atoms with Gasteiger partial charge in [-0.2, -0.15) is 0 Å². The molecule has 3 rings (SSSR count). The van der Waals surface area contributed by atoms with Gasteiger partial charge in [0.1, 0.15) is 13.2 Å². The highest BCUT2D eigenvalue weighted by Gasteiger charge is 2.15. The summed E-state index contributed by atoms with van der Waals surface area (Å²) >= 11 is 0. The Morgan fingerprint density at radius 3 is 2.71 bits per heavy atom. The molecule has 0 fully saturated rings. The Labute approximate surface area is 124 Å². The first-order valence-electron chi connectivity index (χ1n) is 7.19. The molecule has 5 heteroatoms. The molecule has 1 aliphatic heterocycles. The molecule has 0 radical (unpaired) electrons. The number of nitrogens with zero attached hydrogens (tertiary/aromatic N) is 2. The van der Waals surface area contributed by atoms with Crippen molar-refractivity contribution < 1.29 is 9.47 Å². The lowest BCUT2D eigenvalue weighted by atomic mass is 10.1. The van der Waals surface area contributed by atoms with Crippen LogP contribution in [0.3, 0.4) is 0 Å². The number of benzene rings is 1. The molecule has 2 aromatic rings. The minimum Gasteiger partial charge on any atom is -0.486 e. The molecule has 1 aromatic heterocycles. The second-order valence-corrected chi connectivity index (χ2v) is 6.19. The van der Waals surface area contributed by atoms with Crippen LogP contribution in [0.1, 0.15) is 26.5 Å². The summed E-state index contributed by atoms with van der Waals surface area (Å²) in [6, 6.07) is 5.97. The van der Waals surface area contributed by atoms with Gasteiger partial charge in [0.15, 0.2) is 11.5 Å². The van der Waals surface area contributed by atoms with Crippen LogP contribution in [0.15, 0.2) is 30.7 Å². The molecule has 0 saturated heterocycles. The Morgan fingerprint density at radius 2 is 1.95 bits per heavy atom. The summed E-state index contributed by atoms with van der Waals surface area (Å²) in [5.41, 5.74) is 2.21.